The van der Waals surface area contributed by atoms with Crippen LogP contribution in [0.3, 0.4) is 0 Å². The van der Waals surface area contributed by atoms with Crippen molar-refractivity contribution in [2.24, 2.45) is 5.14 Å². The lowest BCUT2D eigenvalue weighted by Crippen LogP contribution is -2.26. The first-order valence-electron chi connectivity index (χ1n) is 7.51. The third kappa shape index (κ3) is 3.50. The van der Waals surface area contributed by atoms with Crippen molar-refractivity contribution in [3.05, 3.63) is 53.6 Å². The van der Waals surface area contributed by atoms with Crippen LogP contribution in [0.4, 0.5) is 5.69 Å². The number of hydrogen-bond acceptors (Lipinski definition) is 5. The van der Waals surface area contributed by atoms with E-state index in [2.05, 4.69) is 11.0 Å². The Kier molecular flexibility index (Phi) is 4.42. The normalized spacial score (nSPS) is 13.4. The van der Waals surface area contributed by atoms with Gasteiger partial charge >= 0.3 is 0 Å². The number of fused-ring (bicyclic) bond motifs is 1. The van der Waals surface area contributed by atoms with E-state index in [0.717, 1.165) is 30.0 Å². The number of hydrogen-bond donors (Lipinski definition) is 1. The fourth-order valence-electron chi connectivity index (χ4n) is 2.76. The lowest BCUT2D eigenvalue weighted by Gasteiger charge is -2.19. The average molecular weight is 343 g/mol. The van der Waals surface area contributed by atoms with Crippen molar-refractivity contribution in [2.75, 3.05) is 24.6 Å². The molecule has 1 aliphatic rings. The first kappa shape index (κ1) is 16.3. The zero-order valence-corrected chi connectivity index (χ0v) is 13.8. The summed E-state index contributed by atoms with van der Waals surface area (Å²) in [6.07, 6.45) is 0.787. The predicted molar refractivity (Wildman–Crippen MR) is 90.4 cm³/mol. The molecule has 1 heterocycles. The van der Waals surface area contributed by atoms with Gasteiger partial charge in [-0.1, -0.05) is 0 Å². The number of benzene rings is 2. The van der Waals surface area contributed by atoms with Gasteiger partial charge in [0.05, 0.1) is 23.1 Å². The van der Waals surface area contributed by atoms with Crippen molar-refractivity contribution in [1.29, 1.82) is 5.26 Å². The predicted octanol–water partition coefficient (Wildman–Crippen LogP) is 1.65. The van der Waals surface area contributed by atoms with Crippen LogP contribution in [0.15, 0.2) is 47.4 Å². The standard InChI is InChI=1S/C17H17N3O3S/c18-12-13-1-3-15(4-2-13)23-10-9-20-8-7-14-11-16(24(19,21)22)5-6-17(14)20/h1-6,11H,7-10H2,(H2,19,21,22). The minimum Gasteiger partial charge on any atom is -0.492 e. The first-order chi connectivity index (χ1) is 11.5. The quantitative estimate of drug-likeness (QED) is 0.890. The lowest BCUT2D eigenvalue weighted by atomic mass is 10.2. The maximum absolute atomic E-state index is 11.4. The number of rotatable bonds is 5. The summed E-state index contributed by atoms with van der Waals surface area (Å²) < 4.78 is 28.5. The van der Waals surface area contributed by atoms with Gasteiger partial charge in [0.2, 0.25) is 10.0 Å². The molecule has 24 heavy (non-hydrogen) atoms. The van der Waals surface area contributed by atoms with Crippen molar-refractivity contribution < 1.29 is 13.2 Å². The molecule has 7 heteroatoms. The van der Waals surface area contributed by atoms with Gasteiger partial charge in [0.1, 0.15) is 12.4 Å². The zero-order chi connectivity index (χ0) is 17.2. The van der Waals surface area contributed by atoms with Crippen molar-refractivity contribution in [2.45, 2.75) is 11.3 Å². The van der Waals surface area contributed by atoms with Crippen molar-refractivity contribution in [1.82, 2.24) is 0 Å². The SMILES string of the molecule is N#Cc1ccc(OCCN2CCc3cc(S(N)(=O)=O)ccc32)cc1. The number of primary sulfonamides is 1. The number of ether oxygens (including phenoxy) is 1. The number of sulfonamides is 1. The fraction of sp³-hybridized carbons (Fsp3) is 0.235. The van der Waals surface area contributed by atoms with Gasteiger partial charge in [-0.3, -0.25) is 0 Å². The van der Waals surface area contributed by atoms with Crippen LogP contribution < -0.4 is 14.8 Å². The summed E-state index contributed by atoms with van der Waals surface area (Å²) in [5.74, 6) is 0.720. The second kappa shape index (κ2) is 6.51. The Balaban J connectivity index is 1.61. The van der Waals surface area contributed by atoms with Crippen LogP contribution in [-0.2, 0) is 16.4 Å². The van der Waals surface area contributed by atoms with E-state index in [0.29, 0.717) is 18.7 Å². The molecule has 0 radical (unpaired) electrons. The van der Waals surface area contributed by atoms with E-state index in [-0.39, 0.29) is 4.90 Å². The maximum atomic E-state index is 11.4. The molecule has 0 saturated heterocycles. The summed E-state index contributed by atoms with van der Waals surface area (Å²) in [6, 6.07) is 14.0. The lowest BCUT2D eigenvalue weighted by molar-refractivity contribution is 0.324. The molecular formula is C17H17N3O3S. The van der Waals surface area contributed by atoms with E-state index >= 15 is 0 Å². The molecule has 0 amide bonds. The molecule has 0 aliphatic carbocycles. The highest BCUT2D eigenvalue weighted by Crippen LogP contribution is 2.29. The van der Waals surface area contributed by atoms with Crippen LogP contribution in [-0.4, -0.2) is 28.1 Å². The Hall–Kier alpha value is -2.56. The molecule has 0 unspecified atom stereocenters. The van der Waals surface area contributed by atoms with Crippen molar-refractivity contribution in [3.8, 4) is 11.8 Å². The molecule has 3 rings (SSSR count). The molecule has 2 N–H and O–H groups in total. The Bertz CT molecular complexity index is 886. The summed E-state index contributed by atoms with van der Waals surface area (Å²) in [4.78, 5) is 2.31. The van der Waals surface area contributed by atoms with E-state index in [4.69, 9.17) is 15.1 Å². The molecule has 2 aromatic rings. The van der Waals surface area contributed by atoms with E-state index < -0.39 is 10.0 Å². The van der Waals surface area contributed by atoms with Crippen LogP contribution in [0.2, 0.25) is 0 Å². The minimum atomic E-state index is -3.67. The number of nitrogens with two attached hydrogens (primary N) is 1. The highest BCUT2D eigenvalue weighted by molar-refractivity contribution is 7.89. The summed E-state index contributed by atoms with van der Waals surface area (Å²) in [5, 5.41) is 13.9. The van der Waals surface area contributed by atoms with Gasteiger partial charge in [-0.15, -0.1) is 0 Å². The highest BCUT2D eigenvalue weighted by Gasteiger charge is 2.21. The second-order valence-electron chi connectivity index (χ2n) is 5.56. The number of nitriles is 1. The number of anilines is 1. The third-order valence-corrected chi connectivity index (χ3v) is 4.90. The second-order valence-corrected chi connectivity index (χ2v) is 7.12. The summed E-state index contributed by atoms with van der Waals surface area (Å²) >= 11 is 0. The molecule has 0 atom stereocenters. The molecule has 0 saturated carbocycles. The summed E-state index contributed by atoms with van der Waals surface area (Å²) in [5.41, 5.74) is 2.60. The third-order valence-electron chi connectivity index (χ3n) is 3.98. The molecule has 0 bridgehead atoms. The van der Waals surface area contributed by atoms with E-state index in [9.17, 15) is 8.42 Å². The largest absolute Gasteiger partial charge is 0.492 e. The zero-order valence-electron chi connectivity index (χ0n) is 13.0. The first-order valence-corrected chi connectivity index (χ1v) is 9.05. The van der Waals surface area contributed by atoms with Crippen LogP contribution >= 0.6 is 0 Å². The summed E-state index contributed by atoms with van der Waals surface area (Å²) in [7, 11) is -3.67. The van der Waals surface area contributed by atoms with Gasteiger partial charge in [-0.05, 0) is 54.4 Å². The molecule has 6 nitrogen and oxygen atoms in total. The fourth-order valence-corrected chi connectivity index (χ4v) is 3.32. The van der Waals surface area contributed by atoms with Gasteiger partial charge in [0, 0.05) is 12.2 Å². The van der Waals surface area contributed by atoms with Gasteiger partial charge in [0.15, 0.2) is 0 Å². The molecular weight excluding hydrogens is 326 g/mol. The Labute approximate surface area is 141 Å². The molecule has 0 aromatic heterocycles. The van der Waals surface area contributed by atoms with Crippen molar-refractivity contribution in [3.63, 3.8) is 0 Å². The van der Waals surface area contributed by atoms with Gasteiger partial charge in [-0.25, -0.2) is 13.6 Å². The average Bonchev–Trinajstić information content (AvgIpc) is 2.97. The topological polar surface area (TPSA) is 96.4 Å². The van der Waals surface area contributed by atoms with E-state index in [1.807, 2.05) is 0 Å². The number of nitrogens with zero attached hydrogens (tertiary/aromatic N) is 2. The Morgan fingerprint density at radius 3 is 2.62 bits per heavy atom. The Morgan fingerprint density at radius 1 is 1.21 bits per heavy atom. The van der Waals surface area contributed by atoms with E-state index in [1.165, 1.54) is 6.07 Å². The van der Waals surface area contributed by atoms with Crippen LogP contribution in [0.1, 0.15) is 11.1 Å². The molecule has 124 valence electrons. The van der Waals surface area contributed by atoms with Gasteiger partial charge in [0.25, 0.3) is 0 Å². The molecule has 0 fully saturated rings. The van der Waals surface area contributed by atoms with Gasteiger partial charge in [-0.2, -0.15) is 5.26 Å². The van der Waals surface area contributed by atoms with E-state index in [1.54, 1.807) is 36.4 Å². The van der Waals surface area contributed by atoms with Crippen LogP contribution in [0.25, 0.3) is 0 Å². The monoisotopic (exact) mass is 343 g/mol. The Morgan fingerprint density at radius 2 is 1.96 bits per heavy atom. The smallest absolute Gasteiger partial charge is 0.238 e. The molecule has 0 spiro atoms. The van der Waals surface area contributed by atoms with Gasteiger partial charge < -0.3 is 9.64 Å². The van der Waals surface area contributed by atoms with Crippen molar-refractivity contribution >= 4 is 15.7 Å². The molecule has 1 aliphatic heterocycles. The highest BCUT2D eigenvalue weighted by atomic mass is 32.2. The minimum absolute atomic E-state index is 0.150. The summed E-state index contributed by atoms with van der Waals surface area (Å²) in [6.45, 7) is 2.02. The maximum Gasteiger partial charge on any atom is 0.238 e. The molecule has 2 aromatic carbocycles. The van der Waals surface area contributed by atoms with Crippen LogP contribution in [0.5, 0.6) is 5.75 Å². The van der Waals surface area contributed by atoms with Crippen LogP contribution in [0, 0.1) is 11.3 Å².